The van der Waals surface area contributed by atoms with Crippen LogP contribution in [0.15, 0.2) is 17.1 Å². The molecule has 0 aliphatic heterocycles. The number of anilines is 1. The van der Waals surface area contributed by atoms with Crippen molar-refractivity contribution in [2.24, 2.45) is 0 Å². The van der Waals surface area contributed by atoms with Crippen LogP contribution in [-0.4, -0.2) is 9.97 Å². The van der Waals surface area contributed by atoms with Crippen molar-refractivity contribution in [3.8, 4) is 0 Å². The fourth-order valence-corrected chi connectivity index (χ4v) is 0.738. The molecule has 1 heterocycles. The van der Waals surface area contributed by atoms with Gasteiger partial charge in [0.25, 0.3) is 0 Å². The van der Waals surface area contributed by atoms with Crippen molar-refractivity contribution >= 4 is 28.7 Å². The summed E-state index contributed by atoms with van der Waals surface area (Å²) in [5, 5.41) is 0. The minimum Gasteiger partial charge on any atom is -0.314 e. The molecule has 0 amide bonds. The predicted octanol–water partition coefficient (Wildman–Crippen LogP) is 0.532. The van der Waals surface area contributed by atoms with Gasteiger partial charge in [0.1, 0.15) is 5.82 Å². The minimum atomic E-state index is -0.336. The normalized spacial score (nSPS) is 9.00. The van der Waals surface area contributed by atoms with Gasteiger partial charge in [0.15, 0.2) is 0 Å². The predicted molar refractivity (Wildman–Crippen MR) is 42.5 cm³/mol. The highest BCUT2D eigenvalue weighted by molar-refractivity contribution is 14.1. The number of H-pyrrole nitrogens is 1. The van der Waals surface area contributed by atoms with Gasteiger partial charge < -0.3 is 3.53 Å². The molecule has 0 radical (unpaired) electrons. The second kappa shape index (κ2) is 2.81. The Morgan fingerprint density at radius 1 is 1.78 bits per heavy atom. The van der Waals surface area contributed by atoms with Crippen molar-refractivity contribution < 1.29 is 0 Å². The molecule has 0 aromatic carbocycles. The van der Waals surface area contributed by atoms with Crippen LogP contribution in [0.3, 0.4) is 0 Å². The summed E-state index contributed by atoms with van der Waals surface area (Å²) >= 11 is 1.92. The second-order valence-corrected chi connectivity index (χ2v) is 1.92. The van der Waals surface area contributed by atoms with Crippen LogP contribution >= 0.6 is 22.9 Å². The van der Waals surface area contributed by atoms with Gasteiger partial charge in [-0.15, -0.1) is 0 Å². The van der Waals surface area contributed by atoms with E-state index in [2.05, 4.69) is 13.5 Å². The first-order valence-corrected chi connectivity index (χ1v) is 3.33. The maximum atomic E-state index is 10.4. The molecule has 0 fully saturated rings. The molecular weight excluding hydrogens is 233 g/mol. The van der Waals surface area contributed by atoms with Crippen LogP contribution in [-0.2, 0) is 0 Å². The first-order chi connectivity index (χ1) is 4.33. The third-order valence-corrected chi connectivity index (χ3v) is 1.36. The van der Waals surface area contributed by atoms with Crippen molar-refractivity contribution in [1.82, 2.24) is 9.97 Å². The zero-order valence-electron chi connectivity index (χ0n) is 4.39. The molecule has 0 aliphatic carbocycles. The molecule has 48 valence electrons. The highest BCUT2D eigenvalue weighted by Crippen LogP contribution is 1.97. The van der Waals surface area contributed by atoms with Gasteiger partial charge in [0.05, 0.1) is 22.9 Å². The second-order valence-electron chi connectivity index (χ2n) is 1.38. The summed E-state index contributed by atoms with van der Waals surface area (Å²) in [4.78, 5) is 16.3. The third-order valence-electron chi connectivity index (χ3n) is 0.776. The van der Waals surface area contributed by atoms with Crippen LogP contribution in [0.2, 0.25) is 0 Å². The lowest BCUT2D eigenvalue weighted by Crippen LogP contribution is -2.09. The molecule has 0 saturated carbocycles. The van der Waals surface area contributed by atoms with Gasteiger partial charge in [-0.25, -0.2) is 9.78 Å². The lowest BCUT2D eigenvalue weighted by molar-refractivity contribution is 1.09. The van der Waals surface area contributed by atoms with Crippen LogP contribution in [0.25, 0.3) is 0 Å². The molecule has 5 heteroatoms. The van der Waals surface area contributed by atoms with Gasteiger partial charge in [-0.1, -0.05) is 0 Å². The van der Waals surface area contributed by atoms with Gasteiger partial charge >= 0.3 is 5.69 Å². The summed E-state index contributed by atoms with van der Waals surface area (Å²) in [5.41, 5.74) is -0.336. The standard InChI is InChI=1S/C4H4IN3O/c5-8-3-1-2-6-4(9)7-3/h1-2H,(H2,6,7,8,9). The number of hydrogen-bond acceptors (Lipinski definition) is 3. The Morgan fingerprint density at radius 2 is 2.56 bits per heavy atom. The summed E-state index contributed by atoms with van der Waals surface area (Å²) in [7, 11) is 0. The van der Waals surface area contributed by atoms with Gasteiger partial charge in [0, 0.05) is 6.20 Å². The molecule has 1 rings (SSSR count). The van der Waals surface area contributed by atoms with E-state index in [-0.39, 0.29) is 5.69 Å². The number of halogens is 1. The first-order valence-electron chi connectivity index (χ1n) is 2.25. The smallest absolute Gasteiger partial charge is 0.314 e. The van der Waals surface area contributed by atoms with E-state index in [0.29, 0.717) is 5.82 Å². The van der Waals surface area contributed by atoms with Crippen LogP contribution < -0.4 is 9.22 Å². The quantitative estimate of drug-likeness (QED) is 0.553. The van der Waals surface area contributed by atoms with E-state index in [0.717, 1.165) is 0 Å². The summed E-state index contributed by atoms with van der Waals surface area (Å²) in [6, 6.07) is 1.67. The molecule has 0 atom stereocenters. The molecule has 2 N–H and O–H groups in total. The maximum Gasteiger partial charge on any atom is 0.346 e. The van der Waals surface area contributed by atoms with Crippen LogP contribution in [0.1, 0.15) is 0 Å². The molecule has 1 aromatic rings. The summed E-state index contributed by atoms with van der Waals surface area (Å²) in [6.07, 6.45) is 1.44. The van der Waals surface area contributed by atoms with E-state index in [1.165, 1.54) is 6.20 Å². The molecule has 0 spiro atoms. The van der Waals surface area contributed by atoms with Crippen molar-refractivity contribution in [2.45, 2.75) is 0 Å². The molecule has 0 bridgehead atoms. The van der Waals surface area contributed by atoms with Gasteiger partial charge in [-0.2, -0.15) is 0 Å². The average Bonchev–Trinajstić information content (AvgIpc) is 1.88. The monoisotopic (exact) mass is 237 g/mol. The number of aromatic nitrogens is 2. The Labute approximate surface area is 65.2 Å². The Bertz CT molecular complexity index is 246. The Balaban J connectivity index is 3.08. The summed E-state index contributed by atoms with van der Waals surface area (Å²) < 4.78 is 2.74. The zero-order chi connectivity index (χ0) is 6.69. The van der Waals surface area contributed by atoms with E-state index in [4.69, 9.17) is 0 Å². The fraction of sp³-hybridized carbons (Fsp3) is 0. The lowest BCUT2D eigenvalue weighted by Gasteiger charge is -1.92. The number of rotatable bonds is 1. The number of hydrogen-bond donors (Lipinski definition) is 2. The Hall–Kier alpha value is -0.590. The summed E-state index contributed by atoms with van der Waals surface area (Å²) in [5.74, 6) is 0.663. The molecule has 0 aliphatic rings. The number of nitrogens with one attached hydrogen (secondary N) is 2. The Morgan fingerprint density at radius 3 is 3.00 bits per heavy atom. The SMILES string of the molecule is O=c1nccc(NI)[nH]1. The van der Waals surface area contributed by atoms with Crippen LogP contribution in [0, 0.1) is 0 Å². The van der Waals surface area contributed by atoms with Gasteiger partial charge in [0.2, 0.25) is 0 Å². The number of nitrogens with zero attached hydrogens (tertiary/aromatic N) is 1. The van der Waals surface area contributed by atoms with E-state index in [1.807, 2.05) is 22.9 Å². The van der Waals surface area contributed by atoms with E-state index in [9.17, 15) is 4.79 Å². The largest absolute Gasteiger partial charge is 0.346 e. The topological polar surface area (TPSA) is 57.8 Å². The molecule has 9 heavy (non-hydrogen) atoms. The van der Waals surface area contributed by atoms with E-state index in [1.54, 1.807) is 6.07 Å². The fourth-order valence-electron chi connectivity index (χ4n) is 0.424. The highest BCUT2D eigenvalue weighted by Gasteiger charge is 1.85. The molecule has 0 saturated heterocycles. The Kier molecular flexibility index (Phi) is 2.04. The van der Waals surface area contributed by atoms with Crippen LogP contribution in [0.5, 0.6) is 0 Å². The van der Waals surface area contributed by atoms with Crippen molar-refractivity contribution in [2.75, 3.05) is 3.53 Å². The van der Waals surface area contributed by atoms with E-state index < -0.39 is 0 Å². The van der Waals surface area contributed by atoms with Crippen LogP contribution in [0.4, 0.5) is 5.82 Å². The third kappa shape index (κ3) is 1.67. The van der Waals surface area contributed by atoms with Crippen molar-refractivity contribution in [1.29, 1.82) is 0 Å². The average molecular weight is 237 g/mol. The molecule has 1 aromatic heterocycles. The van der Waals surface area contributed by atoms with E-state index >= 15 is 0 Å². The first kappa shape index (κ1) is 6.53. The highest BCUT2D eigenvalue weighted by atomic mass is 127. The van der Waals surface area contributed by atoms with Gasteiger partial charge in [-0.3, -0.25) is 4.98 Å². The minimum absolute atomic E-state index is 0.336. The maximum absolute atomic E-state index is 10.4. The molecule has 4 nitrogen and oxygen atoms in total. The number of aromatic amines is 1. The summed E-state index contributed by atoms with van der Waals surface area (Å²) in [6.45, 7) is 0. The lowest BCUT2D eigenvalue weighted by atomic mass is 10.6. The molecule has 0 unspecified atom stereocenters. The van der Waals surface area contributed by atoms with Crippen molar-refractivity contribution in [3.05, 3.63) is 22.7 Å². The molecular formula is C4H4IN3O. The zero-order valence-corrected chi connectivity index (χ0v) is 6.55. The van der Waals surface area contributed by atoms with Gasteiger partial charge in [-0.05, 0) is 6.07 Å². The van der Waals surface area contributed by atoms with Crippen molar-refractivity contribution in [3.63, 3.8) is 0 Å².